The molecule has 0 spiro atoms. The first-order chi connectivity index (χ1) is 18.4. The Hall–Kier alpha value is -3.90. The molecule has 0 bridgehead atoms. The van der Waals surface area contributed by atoms with Gasteiger partial charge in [0.1, 0.15) is 0 Å². The lowest BCUT2D eigenvalue weighted by Crippen LogP contribution is -2.30. The predicted molar refractivity (Wildman–Crippen MR) is 152 cm³/mol. The van der Waals surface area contributed by atoms with Gasteiger partial charge in [0.15, 0.2) is 0 Å². The zero-order valence-electron chi connectivity index (χ0n) is 21.5. The number of aryl methyl sites for hydroxylation is 2. The molecule has 4 aromatic rings. The fraction of sp³-hybridized carbons (Fsp3) is 0.219. The van der Waals surface area contributed by atoms with Crippen LogP contribution in [0, 0.1) is 0 Å². The zero-order chi connectivity index (χ0) is 26.5. The van der Waals surface area contributed by atoms with Crippen LogP contribution in [-0.4, -0.2) is 14.3 Å². The molecule has 0 unspecified atom stereocenters. The van der Waals surface area contributed by atoms with Crippen molar-refractivity contribution in [3.8, 4) is 0 Å². The minimum Gasteiger partial charge on any atom is -0.346 e. The van der Waals surface area contributed by atoms with Crippen LogP contribution in [0.2, 0.25) is 0 Å². The van der Waals surface area contributed by atoms with Crippen LogP contribution in [0.3, 0.4) is 0 Å². The summed E-state index contributed by atoms with van der Waals surface area (Å²) in [6.07, 6.45) is 4.70. The van der Waals surface area contributed by atoms with E-state index >= 15 is 0 Å². The molecular formula is C32H32N2O3S. The van der Waals surface area contributed by atoms with Gasteiger partial charge in [0.05, 0.1) is 23.2 Å². The van der Waals surface area contributed by atoms with Crippen LogP contribution in [0.5, 0.6) is 0 Å². The van der Waals surface area contributed by atoms with Crippen LogP contribution in [0.1, 0.15) is 58.4 Å². The van der Waals surface area contributed by atoms with E-state index in [2.05, 4.69) is 23.5 Å². The molecule has 0 aliphatic heterocycles. The topological polar surface area (TPSA) is 66.5 Å². The number of para-hydroxylation sites is 1. The Kier molecular flexibility index (Phi) is 7.61. The number of fused-ring (bicyclic) bond motifs is 1. The van der Waals surface area contributed by atoms with Gasteiger partial charge in [-0.15, -0.1) is 0 Å². The van der Waals surface area contributed by atoms with Gasteiger partial charge in [0.25, 0.3) is 15.9 Å². The summed E-state index contributed by atoms with van der Waals surface area (Å²) in [5, 5.41) is 3.11. The van der Waals surface area contributed by atoms with Crippen LogP contribution < -0.4 is 9.62 Å². The van der Waals surface area contributed by atoms with Gasteiger partial charge in [-0.05, 0) is 91.3 Å². The van der Waals surface area contributed by atoms with Gasteiger partial charge >= 0.3 is 0 Å². The summed E-state index contributed by atoms with van der Waals surface area (Å²) in [7, 11) is -3.78. The average molecular weight is 525 g/mol. The summed E-state index contributed by atoms with van der Waals surface area (Å²) in [5.74, 6) is -0.154. The summed E-state index contributed by atoms with van der Waals surface area (Å²) in [6, 6.07) is 31.1. The van der Waals surface area contributed by atoms with Gasteiger partial charge in [-0.25, -0.2) is 8.42 Å². The molecule has 6 heteroatoms. The highest BCUT2D eigenvalue weighted by molar-refractivity contribution is 7.92. The lowest BCUT2D eigenvalue weighted by Gasteiger charge is -2.25. The van der Waals surface area contributed by atoms with Crippen LogP contribution in [0.4, 0.5) is 5.69 Å². The Morgan fingerprint density at radius 1 is 0.816 bits per heavy atom. The second-order valence-electron chi connectivity index (χ2n) is 9.79. The molecule has 194 valence electrons. The van der Waals surface area contributed by atoms with E-state index in [1.54, 1.807) is 54.6 Å². The number of sulfonamides is 1. The van der Waals surface area contributed by atoms with Gasteiger partial charge in [-0.1, -0.05) is 66.7 Å². The highest BCUT2D eigenvalue weighted by atomic mass is 32.2. The molecule has 0 saturated carbocycles. The first-order valence-corrected chi connectivity index (χ1v) is 14.5. The van der Waals surface area contributed by atoms with Gasteiger partial charge in [0.2, 0.25) is 0 Å². The van der Waals surface area contributed by atoms with Gasteiger partial charge in [-0.3, -0.25) is 9.10 Å². The molecule has 0 aromatic heterocycles. The fourth-order valence-electron chi connectivity index (χ4n) is 4.94. The second-order valence-corrected chi connectivity index (χ2v) is 11.6. The van der Waals surface area contributed by atoms with Crippen LogP contribution in [0.25, 0.3) is 0 Å². The highest BCUT2D eigenvalue weighted by Crippen LogP contribution is 2.27. The minimum atomic E-state index is -3.78. The number of benzene rings is 4. The number of anilines is 1. The number of carbonyl (C=O) groups is 1. The Bertz CT molecular complexity index is 1500. The van der Waals surface area contributed by atoms with Crippen molar-refractivity contribution in [2.75, 3.05) is 4.31 Å². The first-order valence-electron chi connectivity index (χ1n) is 13.1. The number of carbonyl (C=O) groups excluding carboxylic acids is 1. The van der Waals surface area contributed by atoms with E-state index in [1.807, 2.05) is 37.3 Å². The summed E-state index contributed by atoms with van der Waals surface area (Å²) in [6.45, 7) is 2.15. The Balaban J connectivity index is 1.31. The predicted octanol–water partition coefficient (Wildman–Crippen LogP) is 6.45. The smallest absolute Gasteiger partial charge is 0.264 e. The maximum Gasteiger partial charge on any atom is 0.264 e. The van der Waals surface area contributed by atoms with Crippen molar-refractivity contribution in [3.05, 3.63) is 131 Å². The molecule has 38 heavy (non-hydrogen) atoms. The summed E-state index contributed by atoms with van der Waals surface area (Å²) in [4.78, 5) is 13.2. The molecule has 1 aliphatic rings. The lowest BCUT2D eigenvalue weighted by atomic mass is 9.89. The number of hydrogen-bond acceptors (Lipinski definition) is 3. The molecule has 1 amide bonds. The first kappa shape index (κ1) is 25.7. The minimum absolute atomic E-state index is 0.112. The molecule has 0 fully saturated rings. The standard InChI is InChI=1S/C32H32N2O3S/c1-24(28-21-20-26-10-8-9-11-29(26)22-28)33-32(35)27-18-16-25(17-19-27)23-34(30-12-4-2-5-13-30)38(36,37)31-14-6-3-7-15-31/h2-7,12-22,24H,8-11,23H2,1H3,(H,33,35)/t24-/m0/s1. The molecule has 4 aromatic carbocycles. The van der Waals surface area contributed by atoms with Gasteiger partial charge in [-0.2, -0.15) is 0 Å². The molecule has 1 aliphatic carbocycles. The number of nitrogens with zero attached hydrogens (tertiary/aromatic N) is 1. The van der Waals surface area contributed by atoms with Crippen LogP contribution in [-0.2, 0) is 29.4 Å². The Labute approximate surface area is 225 Å². The van der Waals surface area contributed by atoms with E-state index in [0.29, 0.717) is 11.3 Å². The summed E-state index contributed by atoms with van der Waals surface area (Å²) >= 11 is 0. The van der Waals surface area contributed by atoms with Crippen molar-refractivity contribution in [1.29, 1.82) is 0 Å². The third kappa shape index (κ3) is 5.65. The number of nitrogens with one attached hydrogen (secondary N) is 1. The molecule has 1 N–H and O–H groups in total. The van der Waals surface area contributed by atoms with Crippen molar-refractivity contribution in [1.82, 2.24) is 5.32 Å². The molecule has 5 nitrogen and oxygen atoms in total. The number of amides is 1. The number of rotatable bonds is 8. The van der Waals surface area contributed by atoms with Gasteiger partial charge < -0.3 is 5.32 Å². The van der Waals surface area contributed by atoms with Crippen molar-refractivity contribution in [2.45, 2.75) is 50.1 Å². The Morgan fingerprint density at radius 2 is 1.45 bits per heavy atom. The normalized spacial score (nSPS) is 13.8. The molecule has 0 radical (unpaired) electrons. The SMILES string of the molecule is C[C@H](NC(=O)c1ccc(CN(c2ccccc2)S(=O)(=O)c2ccccc2)cc1)c1ccc2c(c1)CCCC2. The van der Waals surface area contributed by atoms with Crippen LogP contribution in [0.15, 0.2) is 108 Å². The average Bonchev–Trinajstić information content (AvgIpc) is 2.96. The van der Waals surface area contributed by atoms with Crippen molar-refractivity contribution >= 4 is 21.6 Å². The van der Waals surface area contributed by atoms with E-state index in [4.69, 9.17) is 0 Å². The third-order valence-electron chi connectivity index (χ3n) is 7.14. The quantitative estimate of drug-likeness (QED) is 0.288. The Morgan fingerprint density at radius 3 is 2.13 bits per heavy atom. The maximum absolute atomic E-state index is 13.5. The van der Waals surface area contributed by atoms with E-state index < -0.39 is 10.0 Å². The highest BCUT2D eigenvalue weighted by Gasteiger charge is 2.25. The number of hydrogen-bond donors (Lipinski definition) is 1. The van der Waals surface area contributed by atoms with E-state index in [-0.39, 0.29) is 23.4 Å². The molecule has 0 saturated heterocycles. The van der Waals surface area contributed by atoms with Gasteiger partial charge in [0, 0.05) is 5.56 Å². The van der Waals surface area contributed by atoms with Crippen LogP contribution >= 0.6 is 0 Å². The monoisotopic (exact) mass is 524 g/mol. The van der Waals surface area contributed by atoms with Crippen molar-refractivity contribution in [2.24, 2.45) is 0 Å². The summed E-state index contributed by atoms with van der Waals surface area (Å²) < 4.78 is 28.4. The maximum atomic E-state index is 13.5. The van der Waals surface area contributed by atoms with E-state index in [9.17, 15) is 13.2 Å². The van der Waals surface area contributed by atoms with E-state index in [1.165, 1.54) is 28.3 Å². The lowest BCUT2D eigenvalue weighted by molar-refractivity contribution is 0.0940. The fourth-order valence-corrected chi connectivity index (χ4v) is 6.42. The summed E-state index contributed by atoms with van der Waals surface area (Å²) in [5.41, 5.74) is 5.83. The molecule has 5 rings (SSSR count). The second kappa shape index (κ2) is 11.2. The molecule has 1 atom stereocenters. The zero-order valence-corrected chi connectivity index (χ0v) is 22.3. The van der Waals surface area contributed by atoms with Crippen molar-refractivity contribution < 1.29 is 13.2 Å². The van der Waals surface area contributed by atoms with Crippen molar-refractivity contribution in [3.63, 3.8) is 0 Å². The molecule has 0 heterocycles. The molecular weight excluding hydrogens is 492 g/mol. The largest absolute Gasteiger partial charge is 0.346 e. The van der Waals surface area contributed by atoms with E-state index in [0.717, 1.165) is 24.0 Å². The third-order valence-corrected chi connectivity index (χ3v) is 8.93.